The van der Waals surface area contributed by atoms with E-state index >= 15 is 0 Å². The first-order valence-electron chi connectivity index (χ1n) is 7.22. The van der Waals surface area contributed by atoms with Crippen LogP contribution in [0.3, 0.4) is 0 Å². The summed E-state index contributed by atoms with van der Waals surface area (Å²) in [4.78, 5) is 20.4. The van der Waals surface area contributed by atoms with Crippen LogP contribution in [0.25, 0.3) is 0 Å². The van der Waals surface area contributed by atoms with Gasteiger partial charge in [-0.3, -0.25) is 4.79 Å². The molecule has 7 heteroatoms. The summed E-state index contributed by atoms with van der Waals surface area (Å²) in [7, 11) is 0. The first kappa shape index (κ1) is 17.2. The number of nitrogens with one attached hydrogen (secondary N) is 3. The lowest BCUT2D eigenvalue weighted by Gasteiger charge is -2.20. The lowest BCUT2D eigenvalue weighted by atomic mass is 10.0. The van der Waals surface area contributed by atoms with Crippen molar-refractivity contribution in [1.29, 1.82) is 0 Å². The van der Waals surface area contributed by atoms with Crippen molar-refractivity contribution >= 4 is 17.5 Å². The molecule has 118 valence electrons. The smallest absolute Gasteiger partial charge is 0.242 e. The fraction of sp³-hybridized carbons (Fsp3) is 0.643. The van der Waals surface area contributed by atoms with E-state index < -0.39 is 0 Å². The number of nitrogens with two attached hydrogens (primary N) is 1. The monoisotopic (exact) mass is 294 g/mol. The van der Waals surface area contributed by atoms with Crippen molar-refractivity contribution < 1.29 is 4.79 Å². The van der Waals surface area contributed by atoms with Crippen molar-refractivity contribution in [2.75, 3.05) is 17.3 Å². The molecular formula is C14H26N6O. The number of aromatic nitrogens is 2. The zero-order chi connectivity index (χ0) is 16.0. The number of amides is 1. The minimum absolute atomic E-state index is 0.0562. The molecule has 1 rings (SSSR count). The van der Waals surface area contributed by atoms with E-state index in [1.807, 2.05) is 13.8 Å². The second-order valence-corrected chi connectivity index (χ2v) is 5.79. The topological polar surface area (TPSA) is 105 Å². The molecule has 1 aromatic rings. The molecule has 0 spiro atoms. The molecule has 1 heterocycles. The van der Waals surface area contributed by atoms with Crippen LogP contribution in [-0.4, -0.2) is 28.5 Å². The number of nitrogen functional groups attached to an aromatic ring is 1. The zero-order valence-corrected chi connectivity index (χ0v) is 13.4. The molecule has 0 bridgehead atoms. The molecule has 21 heavy (non-hydrogen) atoms. The van der Waals surface area contributed by atoms with Crippen molar-refractivity contribution in [3.8, 4) is 0 Å². The van der Waals surface area contributed by atoms with Crippen LogP contribution >= 0.6 is 0 Å². The summed E-state index contributed by atoms with van der Waals surface area (Å²) in [5, 5.41) is 6.03. The highest BCUT2D eigenvalue weighted by atomic mass is 16.2. The molecule has 1 atom stereocenters. The highest BCUT2D eigenvalue weighted by Crippen LogP contribution is 2.27. The molecule has 0 fully saturated rings. The van der Waals surface area contributed by atoms with Crippen LogP contribution in [0.1, 0.15) is 46.1 Å². The summed E-state index contributed by atoms with van der Waals surface area (Å²) in [5.41, 5.74) is 3.43. The Labute approximate surface area is 126 Å². The standard InChI is InChI=1S/C14H26N6O/c1-8(2)6-16-14(21)10(5)19-12-11(9(3)4)13(20-15)18-7-17-12/h7-10H,6,15H2,1-5H3,(H,16,21)(H2,17,18,19,20). The minimum atomic E-state index is -0.387. The van der Waals surface area contributed by atoms with Crippen LogP contribution in [0.4, 0.5) is 11.6 Å². The molecule has 1 aromatic heterocycles. The Balaban J connectivity index is 2.85. The van der Waals surface area contributed by atoms with E-state index in [0.717, 1.165) is 5.56 Å². The number of hydrazine groups is 1. The van der Waals surface area contributed by atoms with E-state index in [9.17, 15) is 4.79 Å². The number of anilines is 2. The van der Waals surface area contributed by atoms with E-state index in [4.69, 9.17) is 5.84 Å². The van der Waals surface area contributed by atoms with Crippen molar-refractivity contribution in [2.24, 2.45) is 11.8 Å². The van der Waals surface area contributed by atoms with Crippen molar-refractivity contribution in [1.82, 2.24) is 15.3 Å². The quantitative estimate of drug-likeness (QED) is 0.448. The van der Waals surface area contributed by atoms with Gasteiger partial charge in [0.15, 0.2) is 0 Å². The fourth-order valence-corrected chi connectivity index (χ4v) is 1.90. The zero-order valence-electron chi connectivity index (χ0n) is 13.4. The summed E-state index contributed by atoms with van der Waals surface area (Å²) >= 11 is 0. The van der Waals surface area contributed by atoms with Crippen molar-refractivity contribution in [3.63, 3.8) is 0 Å². The van der Waals surface area contributed by atoms with Gasteiger partial charge in [0.2, 0.25) is 5.91 Å². The van der Waals surface area contributed by atoms with E-state index in [0.29, 0.717) is 24.1 Å². The van der Waals surface area contributed by atoms with Gasteiger partial charge in [0.25, 0.3) is 0 Å². The molecule has 0 saturated carbocycles. The first-order chi connectivity index (χ1) is 9.86. The summed E-state index contributed by atoms with van der Waals surface area (Å²) in [6.07, 6.45) is 1.42. The number of nitrogens with zero attached hydrogens (tertiary/aromatic N) is 2. The average molecular weight is 294 g/mol. The maximum atomic E-state index is 12.0. The van der Waals surface area contributed by atoms with Crippen molar-refractivity contribution in [2.45, 2.75) is 46.6 Å². The Morgan fingerprint density at radius 3 is 2.33 bits per heavy atom. The molecule has 0 radical (unpaired) electrons. The number of hydrogen-bond donors (Lipinski definition) is 4. The van der Waals surface area contributed by atoms with Gasteiger partial charge in [-0.25, -0.2) is 15.8 Å². The highest BCUT2D eigenvalue weighted by Gasteiger charge is 2.19. The third kappa shape index (κ3) is 4.86. The molecule has 1 amide bonds. The predicted molar refractivity (Wildman–Crippen MR) is 84.9 cm³/mol. The van der Waals surface area contributed by atoms with Gasteiger partial charge < -0.3 is 16.1 Å². The second-order valence-electron chi connectivity index (χ2n) is 5.79. The van der Waals surface area contributed by atoms with Crippen LogP contribution in [0, 0.1) is 5.92 Å². The third-order valence-corrected chi connectivity index (χ3v) is 3.03. The van der Waals surface area contributed by atoms with E-state index in [2.05, 4.69) is 39.9 Å². The van der Waals surface area contributed by atoms with Crippen LogP contribution in [0.2, 0.25) is 0 Å². The maximum absolute atomic E-state index is 12.0. The van der Waals surface area contributed by atoms with E-state index in [1.54, 1.807) is 6.92 Å². The Morgan fingerprint density at radius 2 is 1.81 bits per heavy atom. The van der Waals surface area contributed by atoms with Gasteiger partial charge in [-0.05, 0) is 18.8 Å². The number of carbonyl (C=O) groups excluding carboxylic acids is 1. The summed E-state index contributed by atoms with van der Waals surface area (Å²) in [5.74, 6) is 7.21. The molecule has 0 aliphatic carbocycles. The second kappa shape index (κ2) is 7.78. The molecular weight excluding hydrogens is 268 g/mol. The molecule has 0 saturated heterocycles. The number of rotatable bonds is 7. The van der Waals surface area contributed by atoms with Gasteiger partial charge in [0, 0.05) is 12.1 Å². The van der Waals surface area contributed by atoms with Crippen LogP contribution in [-0.2, 0) is 4.79 Å². The van der Waals surface area contributed by atoms with Gasteiger partial charge in [0.1, 0.15) is 24.0 Å². The Kier molecular flexibility index (Phi) is 6.36. The molecule has 5 N–H and O–H groups in total. The number of carbonyl (C=O) groups is 1. The summed E-state index contributed by atoms with van der Waals surface area (Å²) < 4.78 is 0. The summed E-state index contributed by atoms with van der Waals surface area (Å²) in [6.45, 7) is 10.6. The van der Waals surface area contributed by atoms with Gasteiger partial charge in [-0.1, -0.05) is 27.7 Å². The lowest BCUT2D eigenvalue weighted by Crippen LogP contribution is -2.39. The van der Waals surface area contributed by atoms with Crippen LogP contribution < -0.4 is 21.9 Å². The van der Waals surface area contributed by atoms with Gasteiger partial charge in [-0.2, -0.15) is 0 Å². The maximum Gasteiger partial charge on any atom is 0.242 e. The highest BCUT2D eigenvalue weighted by molar-refractivity contribution is 5.84. The average Bonchev–Trinajstić information content (AvgIpc) is 2.43. The Bertz CT molecular complexity index is 475. The molecule has 0 aliphatic heterocycles. The fourth-order valence-electron chi connectivity index (χ4n) is 1.90. The third-order valence-electron chi connectivity index (χ3n) is 3.03. The Hall–Kier alpha value is -1.89. The van der Waals surface area contributed by atoms with Gasteiger partial charge >= 0.3 is 0 Å². The Morgan fingerprint density at radius 1 is 1.19 bits per heavy atom. The molecule has 0 aliphatic rings. The van der Waals surface area contributed by atoms with E-state index in [1.165, 1.54) is 6.33 Å². The number of hydrogen-bond acceptors (Lipinski definition) is 6. The van der Waals surface area contributed by atoms with Crippen LogP contribution in [0.15, 0.2) is 6.33 Å². The minimum Gasteiger partial charge on any atom is -0.358 e. The van der Waals surface area contributed by atoms with Crippen molar-refractivity contribution in [3.05, 3.63) is 11.9 Å². The van der Waals surface area contributed by atoms with Gasteiger partial charge in [0.05, 0.1) is 0 Å². The largest absolute Gasteiger partial charge is 0.358 e. The summed E-state index contributed by atoms with van der Waals surface area (Å²) in [6, 6.07) is -0.387. The molecule has 1 unspecified atom stereocenters. The van der Waals surface area contributed by atoms with E-state index in [-0.39, 0.29) is 17.9 Å². The lowest BCUT2D eigenvalue weighted by molar-refractivity contribution is -0.121. The van der Waals surface area contributed by atoms with Gasteiger partial charge in [-0.15, -0.1) is 0 Å². The normalized spacial score (nSPS) is 12.4. The first-order valence-corrected chi connectivity index (χ1v) is 7.22. The molecule has 0 aromatic carbocycles. The van der Waals surface area contributed by atoms with Crippen LogP contribution in [0.5, 0.6) is 0 Å². The molecule has 7 nitrogen and oxygen atoms in total. The SMILES string of the molecule is CC(C)CNC(=O)C(C)Nc1ncnc(NN)c1C(C)C. The predicted octanol–water partition coefficient (Wildman–Crippen LogP) is 1.46.